The van der Waals surface area contributed by atoms with Crippen LogP contribution in [0.1, 0.15) is 53.4 Å². The topological polar surface area (TPSA) is 184 Å². The number of allylic oxidation sites excluding steroid dienone is 3. The van der Waals surface area contributed by atoms with Gasteiger partial charge in [-0.05, 0) is 63.5 Å². The Balaban J connectivity index is 1.47. The average molecular weight is 618 g/mol. The molecule has 0 unspecified atom stereocenters. The zero-order valence-corrected chi connectivity index (χ0v) is 25.4. The van der Waals surface area contributed by atoms with Gasteiger partial charge in [0.15, 0.2) is 11.5 Å². The van der Waals surface area contributed by atoms with E-state index in [-0.39, 0.29) is 25.2 Å². The number of hydrogen-bond donors (Lipinski definition) is 3. The van der Waals surface area contributed by atoms with Gasteiger partial charge >= 0.3 is 23.9 Å². The fourth-order valence-corrected chi connectivity index (χ4v) is 9.44. The van der Waals surface area contributed by atoms with Crippen molar-refractivity contribution in [1.29, 1.82) is 0 Å². The molecule has 0 aromatic heterocycles. The molecular weight excluding hydrogens is 578 g/mol. The summed E-state index contributed by atoms with van der Waals surface area (Å²) in [6.45, 7) is 7.26. The Bertz CT molecular complexity index is 1380. The highest BCUT2D eigenvalue weighted by atomic mass is 16.6. The zero-order chi connectivity index (χ0) is 31.9. The molecule has 6 rings (SSSR count). The highest BCUT2D eigenvalue weighted by Gasteiger charge is 2.85. The van der Waals surface area contributed by atoms with Crippen molar-refractivity contribution in [3.8, 4) is 0 Å². The van der Waals surface area contributed by atoms with Crippen molar-refractivity contribution in [2.24, 2.45) is 28.6 Å². The fourth-order valence-electron chi connectivity index (χ4n) is 9.44. The maximum atomic E-state index is 13.7. The van der Waals surface area contributed by atoms with Crippen LogP contribution < -0.4 is 5.32 Å². The van der Waals surface area contributed by atoms with E-state index in [0.717, 1.165) is 13.5 Å². The van der Waals surface area contributed by atoms with Crippen molar-refractivity contribution in [2.75, 3.05) is 20.3 Å². The highest BCUT2D eigenvalue weighted by molar-refractivity contribution is 5.98. The van der Waals surface area contributed by atoms with Crippen molar-refractivity contribution in [3.63, 3.8) is 0 Å². The van der Waals surface area contributed by atoms with Gasteiger partial charge in [-0.3, -0.25) is 4.79 Å². The van der Waals surface area contributed by atoms with Crippen LogP contribution in [0, 0.1) is 28.6 Å². The normalized spacial score (nSPS) is 43.8. The van der Waals surface area contributed by atoms with E-state index in [1.165, 1.54) is 6.08 Å². The number of rotatable bonds is 5. The molecule has 0 amide bonds. The molecule has 13 heteroatoms. The number of carbonyl (C=O) groups is 5. The van der Waals surface area contributed by atoms with Gasteiger partial charge in [0.25, 0.3) is 0 Å². The quantitative estimate of drug-likeness (QED) is 0.217. The van der Waals surface area contributed by atoms with Crippen molar-refractivity contribution in [2.45, 2.75) is 89.4 Å². The summed E-state index contributed by atoms with van der Waals surface area (Å²) >= 11 is 0. The minimum Gasteiger partial charge on any atom is -0.467 e. The zero-order valence-electron chi connectivity index (χ0n) is 25.4. The summed E-state index contributed by atoms with van der Waals surface area (Å²) in [4.78, 5) is 66.6. The van der Waals surface area contributed by atoms with Crippen LogP contribution in [0.2, 0.25) is 0 Å². The maximum absolute atomic E-state index is 13.7. The molecular formula is C31H39NO12. The van der Waals surface area contributed by atoms with Gasteiger partial charge in [0.2, 0.25) is 11.7 Å². The summed E-state index contributed by atoms with van der Waals surface area (Å²) in [6, 6.07) is -0.519. The molecule has 44 heavy (non-hydrogen) atoms. The lowest BCUT2D eigenvalue weighted by atomic mass is 9.38. The molecule has 0 aromatic carbocycles. The van der Waals surface area contributed by atoms with E-state index >= 15 is 0 Å². The van der Waals surface area contributed by atoms with Gasteiger partial charge in [-0.1, -0.05) is 12.5 Å². The van der Waals surface area contributed by atoms with Crippen LogP contribution in [0.3, 0.4) is 0 Å². The van der Waals surface area contributed by atoms with Crippen LogP contribution in [-0.4, -0.2) is 96.2 Å². The first-order chi connectivity index (χ1) is 20.7. The number of carbonyl (C=O) groups excluding carboxylic acids is 5. The van der Waals surface area contributed by atoms with Gasteiger partial charge in [0, 0.05) is 23.8 Å². The summed E-state index contributed by atoms with van der Waals surface area (Å²) in [5.74, 6) is -6.65. The lowest BCUT2D eigenvalue weighted by Crippen LogP contribution is -2.79. The third-order valence-corrected chi connectivity index (χ3v) is 11.0. The minimum absolute atomic E-state index is 0.0632. The first kappa shape index (κ1) is 30.9. The highest BCUT2D eigenvalue weighted by Crippen LogP contribution is 2.72. The van der Waals surface area contributed by atoms with Crippen LogP contribution in [0.25, 0.3) is 0 Å². The van der Waals surface area contributed by atoms with E-state index in [2.05, 4.69) is 5.32 Å². The van der Waals surface area contributed by atoms with Crippen molar-refractivity contribution >= 4 is 29.7 Å². The van der Waals surface area contributed by atoms with Gasteiger partial charge in [-0.2, -0.15) is 0 Å². The second kappa shape index (κ2) is 10.5. The molecule has 0 radical (unpaired) electrons. The number of Topliss-reactive ketones (excluding diaryl/α,β-unsaturated/α-hetero) is 1. The number of esters is 4. The molecule has 13 nitrogen and oxygen atoms in total. The second-order valence-electron chi connectivity index (χ2n) is 13.6. The van der Waals surface area contributed by atoms with E-state index in [0.29, 0.717) is 24.1 Å². The minimum atomic E-state index is -2.25. The average Bonchev–Trinajstić information content (AvgIpc) is 3.60. The van der Waals surface area contributed by atoms with Crippen molar-refractivity contribution < 1.29 is 57.9 Å². The summed E-state index contributed by atoms with van der Waals surface area (Å²) in [5, 5.41) is 26.7. The number of aliphatic hydroxyl groups excluding tert-OH is 2. The van der Waals surface area contributed by atoms with Gasteiger partial charge in [-0.15, -0.1) is 0 Å². The third-order valence-electron chi connectivity index (χ3n) is 11.0. The molecule has 240 valence electrons. The Morgan fingerprint density at radius 3 is 2.50 bits per heavy atom. The number of nitrogens with one attached hydrogen (secondary N) is 1. The van der Waals surface area contributed by atoms with Crippen LogP contribution in [0.5, 0.6) is 0 Å². The SMILES string of the molecule is COC(=O)[C@@]12OC[C@]34[C@H]([C@@H](O)[C@@H]1O)[C@@]1(C)CC(=O)C(OC(=O)[C@H]5CCCN5)=C(C)[C@@H]1C[C@H]3OC(=O)[C@H](OC(=O)C=C(C)C)[C@@H]24. The van der Waals surface area contributed by atoms with Crippen LogP contribution >= 0.6 is 0 Å². The number of hydrogen-bond acceptors (Lipinski definition) is 13. The van der Waals surface area contributed by atoms with E-state index in [1.54, 1.807) is 20.8 Å². The Labute approximate surface area is 254 Å². The molecule has 5 fully saturated rings. The molecule has 2 saturated carbocycles. The predicted octanol–water partition coefficient (Wildman–Crippen LogP) is 0.254. The Morgan fingerprint density at radius 2 is 1.86 bits per heavy atom. The standard InChI is InChI=1S/C31H39NO12/c1-13(2)9-19(34)43-22-24-30-12-41-31(24,28(39)40-5)25(36)20(35)23(30)29(4)11-17(33)21(44-26(37)16-7-6-8-32-16)14(3)15(29)10-18(30)42-27(22)38/h9,15-16,18,20,22-25,32,35-36H,6-8,10-12H2,1-5H3/t15-,16+,18+,20+,22+,23+,24+,25-,29-,30+,31-/m0/s1. The lowest BCUT2D eigenvalue weighted by Gasteiger charge is -2.67. The Morgan fingerprint density at radius 1 is 1.14 bits per heavy atom. The third kappa shape index (κ3) is 4.01. The first-order valence-corrected chi connectivity index (χ1v) is 15.1. The summed E-state index contributed by atoms with van der Waals surface area (Å²) in [6.07, 6.45) is -3.59. The smallest absolute Gasteiger partial charge is 0.348 e. The Hall–Kier alpha value is -3.13. The number of methoxy groups -OCH3 is 1. The molecule has 3 N–H and O–H groups in total. The molecule has 3 aliphatic heterocycles. The largest absolute Gasteiger partial charge is 0.467 e. The molecule has 6 aliphatic rings. The van der Waals surface area contributed by atoms with Crippen LogP contribution in [0.4, 0.5) is 0 Å². The number of fused-ring (bicyclic) bond motifs is 2. The van der Waals surface area contributed by atoms with Gasteiger partial charge in [-0.25, -0.2) is 19.2 Å². The monoisotopic (exact) mass is 617 g/mol. The van der Waals surface area contributed by atoms with Crippen molar-refractivity contribution in [3.05, 3.63) is 23.0 Å². The molecule has 3 saturated heterocycles. The molecule has 1 spiro atoms. The van der Waals surface area contributed by atoms with Crippen molar-refractivity contribution in [1.82, 2.24) is 5.32 Å². The van der Waals surface area contributed by atoms with E-state index < -0.39 is 94.3 Å². The van der Waals surface area contributed by atoms with E-state index in [1.807, 2.05) is 6.92 Å². The Kier molecular flexibility index (Phi) is 7.34. The van der Waals surface area contributed by atoms with E-state index in [9.17, 15) is 34.2 Å². The van der Waals surface area contributed by atoms with Gasteiger partial charge < -0.3 is 39.2 Å². The molecule has 3 aliphatic carbocycles. The van der Waals surface area contributed by atoms with Crippen LogP contribution in [-0.2, 0) is 47.7 Å². The maximum Gasteiger partial charge on any atom is 0.348 e. The number of ether oxygens (including phenoxy) is 5. The van der Waals surface area contributed by atoms with Gasteiger partial charge in [0.05, 0.1) is 25.7 Å². The molecule has 0 aromatic rings. The van der Waals surface area contributed by atoms with Gasteiger partial charge in [0.1, 0.15) is 18.2 Å². The van der Waals surface area contributed by atoms with Crippen LogP contribution in [0.15, 0.2) is 23.0 Å². The van der Waals surface area contributed by atoms with E-state index in [4.69, 9.17) is 23.7 Å². The summed E-state index contributed by atoms with van der Waals surface area (Å²) in [5.41, 5.74) is -3.58. The second-order valence-corrected chi connectivity index (χ2v) is 13.6. The number of ketones is 1. The molecule has 11 atom stereocenters. The lowest BCUT2D eigenvalue weighted by molar-refractivity contribution is -0.290. The summed E-state index contributed by atoms with van der Waals surface area (Å²) < 4.78 is 28.5. The molecule has 2 bridgehead atoms. The summed E-state index contributed by atoms with van der Waals surface area (Å²) in [7, 11) is 1.09. The predicted molar refractivity (Wildman–Crippen MR) is 147 cm³/mol. The molecule has 3 heterocycles. The number of aliphatic hydroxyl groups is 2. The first-order valence-electron chi connectivity index (χ1n) is 15.1. The fraction of sp³-hybridized carbons (Fsp3) is 0.710.